The van der Waals surface area contributed by atoms with Crippen LogP contribution in [0.5, 0.6) is 0 Å². The lowest BCUT2D eigenvalue weighted by Crippen LogP contribution is -2.37. The van der Waals surface area contributed by atoms with Crippen molar-refractivity contribution in [3.63, 3.8) is 0 Å². The molecule has 0 fully saturated rings. The van der Waals surface area contributed by atoms with E-state index in [4.69, 9.17) is 4.42 Å². The highest BCUT2D eigenvalue weighted by Gasteiger charge is 2.32. The zero-order valence-corrected chi connectivity index (χ0v) is 15.2. The first-order chi connectivity index (χ1) is 13.7. The minimum Gasteiger partial charge on any atom is -0.441 e. The molecule has 2 amide bonds. The van der Waals surface area contributed by atoms with Crippen LogP contribution in [0, 0.1) is 0 Å². The van der Waals surface area contributed by atoms with Gasteiger partial charge < -0.3 is 14.6 Å². The lowest BCUT2D eigenvalue weighted by atomic mass is 10.0. The predicted octanol–water partition coefficient (Wildman–Crippen LogP) is 3.10. The highest BCUT2D eigenvalue weighted by Crippen LogP contribution is 2.30. The van der Waals surface area contributed by atoms with Gasteiger partial charge in [0.15, 0.2) is 0 Å². The summed E-state index contributed by atoms with van der Waals surface area (Å²) in [5.74, 6) is 1.34. The maximum absolute atomic E-state index is 12.9. The first kappa shape index (κ1) is 16.7. The number of aromatic nitrogens is 1. The summed E-state index contributed by atoms with van der Waals surface area (Å²) in [5, 5.41) is 2.91. The van der Waals surface area contributed by atoms with Crippen molar-refractivity contribution in [1.82, 2.24) is 15.2 Å². The Hall–Kier alpha value is -3.41. The monoisotopic (exact) mass is 373 g/mol. The summed E-state index contributed by atoms with van der Waals surface area (Å²) in [6.07, 6.45) is 0.899. The zero-order chi connectivity index (χ0) is 19.1. The molecule has 6 heteroatoms. The number of rotatable bonds is 3. The van der Waals surface area contributed by atoms with E-state index in [-0.39, 0.29) is 24.3 Å². The van der Waals surface area contributed by atoms with Crippen LogP contribution in [0.2, 0.25) is 0 Å². The molecular weight excluding hydrogens is 354 g/mol. The van der Waals surface area contributed by atoms with Gasteiger partial charge in [0, 0.05) is 24.1 Å². The van der Waals surface area contributed by atoms with Gasteiger partial charge in [-0.15, -0.1) is 0 Å². The van der Waals surface area contributed by atoms with E-state index >= 15 is 0 Å². The number of hydrogen-bond acceptors (Lipinski definition) is 4. The van der Waals surface area contributed by atoms with Gasteiger partial charge in [-0.2, -0.15) is 0 Å². The van der Waals surface area contributed by atoms with Crippen molar-refractivity contribution in [2.45, 2.75) is 25.4 Å². The summed E-state index contributed by atoms with van der Waals surface area (Å²) in [6, 6.07) is 16.9. The summed E-state index contributed by atoms with van der Waals surface area (Å²) >= 11 is 0. The van der Waals surface area contributed by atoms with Crippen LogP contribution in [0.4, 0.5) is 0 Å². The molecule has 0 spiro atoms. The lowest BCUT2D eigenvalue weighted by Gasteiger charge is -2.26. The van der Waals surface area contributed by atoms with Gasteiger partial charge in [-0.3, -0.25) is 9.59 Å². The largest absolute Gasteiger partial charge is 0.441 e. The number of fused-ring (bicyclic) bond motifs is 2. The standard InChI is InChI=1S/C22H19N3O3/c26-20(12-17-15-8-4-5-9-16(15)21(27)23-17)25-11-10-19-18(13-25)24-22(28-19)14-6-2-1-3-7-14/h1-9,17H,10-13H2,(H,23,27). The van der Waals surface area contributed by atoms with Crippen molar-refractivity contribution < 1.29 is 14.0 Å². The number of carbonyl (C=O) groups excluding carboxylic acids is 2. The van der Waals surface area contributed by atoms with E-state index in [0.717, 1.165) is 22.6 Å². The van der Waals surface area contributed by atoms with E-state index in [2.05, 4.69) is 10.3 Å². The molecule has 3 aromatic rings. The Bertz CT molecular complexity index is 1060. The van der Waals surface area contributed by atoms with Crippen molar-refractivity contribution in [2.24, 2.45) is 0 Å². The van der Waals surface area contributed by atoms with Crippen LogP contribution in [0.15, 0.2) is 59.0 Å². The molecule has 1 aromatic heterocycles. The van der Waals surface area contributed by atoms with Crippen LogP contribution in [-0.4, -0.2) is 28.2 Å². The van der Waals surface area contributed by atoms with Gasteiger partial charge in [0.25, 0.3) is 5.91 Å². The van der Waals surface area contributed by atoms with E-state index in [0.29, 0.717) is 31.0 Å². The third-order valence-electron chi connectivity index (χ3n) is 5.37. The molecule has 1 unspecified atom stereocenters. The minimum atomic E-state index is -0.269. The Balaban J connectivity index is 1.31. The van der Waals surface area contributed by atoms with E-state index in [1.165, 1.54) is 0 Å². The number of amides is 2. The Morgan fingerprint density at radius 3 is 2.79 bits per heavy atom. The van der Waals surface area contributed by atoms with Crippen LogP contribution in [0.1, 0.15) is 39.8 Å². The SMILES string of the molecule is O=C1NC(CC(=O)N2CCc3oc(-c4ccccc4)nc3C2)c2ccccc21. The van der Waals surface area contributed by atoms with Gasteiger partial charge in [-0.25, -0.2) is 4.98 Å². The van der Waals surface area contributed by atoms with Crippen molar-refractivity contribution in [2.75, 3.05) is 6.54 Å². The number of oxazole rings is 1. The van der Waals surface area contributed by atoms with Crippen molar-refractivity contribution in [1.29, 1.82) is 0 Å². The molecule has 1 atom stereocenters. The fourth-order valence-corrected chi connectivity index (χ4v) is 3.90. The maximum Gasteiger partial charge on any atom is 0.252 e. The predicted molar refractivity (Wildman–Crippen MR) is 102 cm³/mol. The second-order valence-corrected chi connectivity index (χ2v) is 7.14. The number of hydrogen-bond donors (Lipinski definition) is 1. The Kier molecular flexibility index (Phi) is 3.97. The smallest absolute Gasteiger partial charge is 0.252 e. The van der Waals surface area contributed by atoms with Gasteiger partial charge in [0.2, 0.25) is 11.8 Å². The van der Waals surface area contributed by atoms with E-state index < -0.39 is 0 Å². The average molecular weight is 373 g/mol. The quantitative estimate of drug-likeness (QED) is 0.765. The Morgan fingerprint density at radius 2 is 1.93 bits per heavy atom. The molecule has 2 aliphatic heterocycles. The number of nitrogens with one attached hydrogen (secondary N) is 1. The highest BCUT2D eigenvalue weighted by atomic mass is 16.4. The van der Waals surface area contributed by atoms with Crippen molar-refractivity contribution >= 4 is 11.8 Å². The number of carbonyl (C=O) groups is 2. The van der Waals surface area contributed by atoms with Crippen LogP contribution in [-0.2, 0) is 17.8 Å². The molecule has 1 N–H and O–H groups in total. The van der Waals surface area contributed by atoms with Crippen LogP contribution in [0.25, 0.3) is 11.5 Å². The second kappa shape index (κ2) is 6.64. The number of nitrogens with zero attached hydrogens (tertiary/aromatic N) is 2. The van der Waals surface area contributed by atoms with E-state index in [1.54, 1.807) is 11.0 Å². The van der Waals surface area contributed by atoms with Gasteiger partial charge >= 0.3 is 0 Å². The summed E-state index contributed by atoms with van der Waals surface area (Å²) in [4.78, 5) is 31.4. The summed E-state index contributed by atoms with van der Waals surface area (Å²) in [6.45, 7) is 1.03. The third kappa shape index (κ3) is 2.87. The third-order valence-corrected chi connectivity index (χ3v) is 5.37. The summed E-state index contributed by atoms with van der Waals surface area (Å²) in [7, 11) is 0. The topological polar surface area (TPSA) is 75.4 Å². The van der Waals surface area contributed by atoms with Crippen molar-refractivity contribution in [3.05, 3.63) is 77.2 Å². The fourth-order valence-electron chi connectivity index (χ4n) is 3.90. The first-order valence-electron chi connectivity index (χ1n) is 9.40. The number of benzene rings is 2. The van der Waals surface area contributed by atoms with Crippen LogP contribution >= 0.6 is 0 Å². The van der Waals surface area contributed by atoms with Crippen molar-refractivity contribution in [3.8, 4) is 11.5 Å². The normalized spacial score (nSPS) is 17.8. The fraction of sp³-hybridized carbons (Fsp3) is 0.227. The summed E-state index contributed by atoms with van der Waals surface area (Å²) in [5.41, 5.74) is 3.30. The molecule has 0 bridgehead atoms. The lowest BCUT2D eigenvalue weighted by molar-refractivity contribution is -0.132. The molecule has 0 aliphatic carbocycles. The molecule has 28 heavy (non-hydrogen) atoms. The molecule has 140 valence electrons. The maximum atomic E-state index is 12.9. The van der Waals surface area contributed by atoms with E-state index in [9.17, 15) is 9.59 Å². The first-order valence-corrected chi connectivity index (χ1v) is 9.40. The Labute approximate surface area is 162 Å². The molecular formula is C22H19N3O3. The van der Waals surface area contributed by atoms with Gasteiger partial charge in [-0.1, -0.05) is 36.4 Å². The van der Waals surface area contributed by atoms with E-state index in [1.807, 2.05) is 48.5 Å². The molecule has 0 saturated carbocycles. The molecule has 6 nitrogen and oxygen atoms in total. The highest BCUT2D eigenvalue weighted by molar-refractivity contribution is 5.99. The van der Waals surface area contributed by atoms with Crippen LogP contribution in [0.3, 0.4) is 0 Å². The average Bonchev–Trinajstić information content (AvgIpc) is 3.30. The van der Waals surface area contributed by atoms with Gasteiger partial charge in [-0.05, 0) is 23.8 Å². The van der Waals surface area contributed by atoms with Gasteiger partial charge in [0.05, 0.1) is 19.0 Å². The molecule has 3 heterocycles. The molecule has 5 rings (SSSR count). The second-order valence-electron chi connectivity index (χ2n) is 7.14. The minimum absolute atomic E-state index is 0.0110. The molecule has 2 aliphatic rings. The molecule has 0 radical (unpaired) electrons. The Morgan fingerprint density at radius 1 is 1.14 bits per heavy atom. The molecule has 2 aromatic carbocycles. The van der Waals surface area contributed by atoms with Gasteiger partial charge in [0.1, 0.15) is 11.5 Å². The molecule has 0 saturated heterocycles. The summed E-state index contributed by atoms with van der Waals surface area (Å²) < 4.78 is 5.91. The van der Waals surface area contributed by atoms with Crippen LogP contribution < -0.4 is 5.32 Å². The zero-order valence-electron chi connectivity index (χ0n) is 15.2.